The molecule has 1 fully saturated rings. The summed E-state index contributed by atoms with van der Waals surface area (Å²) in [6.45, 7) is 6.15. The van der Waals surface area contributed by atoms with Crippen LogP contribution in [0.15, 0.2) is 42.5 Å². The van der Waals surface area contributed by atoms with Crippen LogP contribution in [0.1, 0.15) is 61.4 Å². The molecule has 0 amide bonds. The molecule has 4 atom stereocenters. The Hall–Kier alpha value is -2.07. The van der Waals surface area contributed by atoms with Gasteiger partial charge in [-0.1, -0.05) is 38.1 Å². The molecule has 0 radical (unpaired) electrons. The number of carboxylic acids is 1. The van der Waals surface area contributed by atoms with E-state index in [2.05, 4.69) is 19.6 Å². The number of ether oxygens (including phenoxy) is 1. The highest BCUT2D eigenvalue weighted by Crippen LogP contribution is 2.42. The van der Waals surface area contributed by atoms with Crippen molar-refractivity contribution < 1.29 is 19.7 Å². The third-order valence-corrected chi connectivity index (χ3v) is 5.96. The van der Waals surface area contributed by atoms with Crippen molar-refractivity contribution in [2.45, 2.75) is 64.1 Å². The Bertz CT molecular complexity index is 721. The average Bonchev–Trinajstić information content (AvgIpc) is 2.94. The number of carbonyl (C=O) groups is 1. The van der Waals surface area contributed by atoms with E-state index in [4.69, 9.17) is 4.74 Å². The summed E-state index contributed by atoms with van der Waals surface area (Å²) in [7, 11) is 0. The Morgan fingerprint density at radius 3 is 2.93 bits per heavy atom. The van der Waals surface area contributed by atoms with Gasteiger partial charge in [-0.05, 0) is 67.7 Å². The first-order valence-corrected chi connectivity index (χ1v) is 10.1. The predicted octanol–water partition coefficient (Wildman–Crippen LogP) is 4.77. The fourth-order valence-corrected chi connectivity index (χ4v) is 4.27. The molecule has 27 heavy (non-hydrogen) atoms. The lowest BCUT2D eigenvalue weighted by Gasteiger charge is -2.21. The van der Waals surface area contributed by atoms with E-state index in [9.17, 15) is 15.0 Å². The first-order chi connectivity index (χ1) is 13.0. The van der Waals surface area contributed by atoms with Gasteiger partial charge in [0.25, 0.3) is 0 Å². The summed E-state index contributed by atoms with van der Waals surface area (Å²) in [5, 5.41) is 19.5. The molecule has 1 heterocycles. The van der Waals surface area contributed by atoms with Gasteiger partial charge in [-0.15, -0.1) is 0 Å². The fourth-order valence-electron chi connectivity index (χ4n) is 4.27. The first-order valence-electron chi connectivity index (χ1n) is 10.1. The van der Waals surface area contributed by atoms with E-state index >= 15 is 0 Å². The number of benzene rings is 1. The van der Waals surface area contributed by atoms with E-state index < -0.39 is 12.1 Å². The number of aliphatic hydroxyl groups is 1. The molecule has 0 spiro atoms. The number of allylic oxidation sites excluding steroid dienone is 1. The van der Waals surface area contributed by atoms with Gasteiger partial charge in [-0.3, -0.25) is 0 Å². The molecule has 4 heteroatoms. The predicted molar refractivity (Wildman–Crippen MR) is 106 cm³/mol. The normalized spacial score (nSPS) is 25.3. The molecule has 1 saturated carbocycles. The quantitative estimate of drug-likeness (QED) is 0.679. The van der Waals surface area contributed by atoms with Crippen LogP contribution >= 0.6 is 0 Å². The summed E-state index contributed by atoms with van der Waals surface area (Å²) in [5.41, 5.74) is 2.24. The van der Waals surface area contributed by atoms with Crippen molar-refractivity contribution in [3.8, 4) is 5.75 Å². The van der Waals surface area contributed by atoms with Crippen molar-refractivity contribution in [2.75, 3.05) is 0 Å². The van der Waals surface area contributed by atoms with Gasteiger partial charge >= 0.3 is 5.97 Å². The molecular formula is C23H30O4. The van der Waals surface area contributed by atoms with Crippen LogP contribution in [0, 0.1) is 11.8 Å². The maximum atomic E-state index is 11.2. The number of aromatic carboxylic acids is 1. The number of aryl methyl sites for hydroxylation is 1. The minimum Gasteiger partial charge on any atom is -0.490 e. The molecule has 1 unspecified atom stereocenters. The van der Waals surface area contributed by atoms with Crippen molar-refractivity contribution in [2.24, 2.45) is 11.8 Å². The van der Waals surface area contributed by atoms with Crippen LogP contribution in [-0.4, -0.2) is 28.4 Å². The molecular weight excluding hydrogens is 340 g/mol. The Morgan fingerprint density at radius 2 is 2.19 bits per heavy atom. The molecule has 2 N–H and O–H groups in total. The van der Waals surface area contributed by atoms with E-state index in [1.54, 1.807) is 12.1 Å². The molecule has 1 aliphatic carbocycles. The number of fused-ring (bicyclic) bond motifs is 2. The molecule has 146 valence electrons. The summed E-state index contributed by atoms with van der Waals surface area (Å²) in [6, 6.07) is 5.19. The third-order valence-electron chi connectivity index (χ3n) is 5.96. The van der Waals surface area contributed by atoms with Crippen LogP contribution in [0.3, 0.4) is 0 Å². The van der Waals surface area contributed by atoms with Gasteiger partial charge in [0.2, 0.25) is 0 Å². The van der Waals surface area contributed by atoms with E-state index in [1.807, 2.05) is 12.1 Å². The van der Waals surface area contributed by atoms with Crippen molar-refractivity contribution >= 4 is 5.97 Å². The van der Waals surface area contributed by atoms with Gasteiger partial charge in [-0.25, -0.2) is 4.79 Å². The topological polar surface area (TPSA) is 66.8 Å². The Labute approximate surface area is 161 Å². The van der Waals surface area contributed by atoms with Crippen LogP contribution in [-0.2, 0) is 6.42 Å². The van der Waals surface area contributed by atoms with Gasteiger partial charge < -0.3 is 14.9 Å². The van der Waals surface area contributed by atoms with Gasteiger partial charge in [0, 0.05) is 5.92 Å². The first kappa shape index (κ1) is 19.7. The second-order valence-corrected chi connectivity index (χ2v) is 7.82. The van der Waals surface area contributed by atoms with Crippen molar-refractivity contribution in [1.29, 1.82) is 0 Å². The lowest BCUT2D eigenvalue weighted by Crippen LogP contribution is -2.23. The van der Waals surface area contributed by atoms with Crippen LogP contribution in [0.4, 0.5) is 0 Å². The van der Waals surface area contributed by atoms with Gasteiger partial charge in [0.05, 0.1) is 11.7 Å². The highest BCUT2D eigenvalue weighted by molar-refractivity contribution is 5.88. The smallest absolute Gasteiger partial charge is 0.335 e. The second-order valence-electron chi connectivity index (χ2n) is 7.82. The molecule has 1 aromatic carbocycles. The minimum absolute atomic E-state index is 0.116. The number of hydrogen-bond acceptors (Lipinski definition) is 3. The van der Waals surface area contributed by atoms with E-state index in [0.29, 0.717) is 11.8 Å². The van der Waals surface area contributed by atoms with E-state index in [-0.39, 0.29) is 11.7 Å². The monoisotopic (exact) mass is 370 g/mol. The molecule has 0 aromatic heterocycles. The molecule has 1 aliphatic heterocycles. The number of carboxylic acid groups (broad SMARTS) is 1. The van der Waals surface area contributed by atoms with Crippen molar-refractivity contribution in [3.63, 3.8) is 0 Å². The summed E-state index contributed by atoms with van der Waals surface area (Å²) < 4.78 is 6.23. The number of hydrogen-bond donors (Lipinski definition) is 2. The largest absolute Gasteiger partial charge is 0.490 e. The highest BCUT2D eigenvalue weighted by Gasteiger charge is 2.38. The molecule has 4 nitrogen and oxygen atoms in total. The zero-order valence-electron chi connectivity index (χ0n) is 16.1. The van der Waals surface area contributed by atoms with Crippen LogP contribution in [0.25, 0.3) is 0 Å². The molecule has 1 aromatic rings. The van der Waals surface area contributed by atoms with Gasteiger partial charge in [0.15, 0.2) is 0 Å². The lowest BCUT2D eigenvalue weighted by molar-refractivity contribution is 0.0695. The average molecular weight is 370 g/mol. The van der Waals surface area contributed by atoms with Crippen LogP contribution in [0.2, 0.25) is 0 Å². The lowest BCUT2D eigenvalue weighted by atomic mass is 9.88. The summed E-state index contributed by atoms with van der Waals surface area (Å²) in [4.78, 5) is 11.2. The highest BCUT2D eigenvalue weighted by atomic mass is 16.5. The number of unbranched alkanes of at least 4 members (excludes halogenated alkanes) is 1. The Kier molecular flexibility index (Phi) is 6.38. The fraction of sp³-hybridized carbons (Fsp3) is 0.522. The summed E-state index contributed by atoms with van der Waals surface area (Å²) in [6.07, 6.45) is 10.5. The van der Waals surface area contributed by atoms with Crippen molar-refractivity contribution in [1.82, 2.24) is 0 Å². The standard InChI is InChI=1S/C23H30O4/c1-3-4-5-15(2)20(24)12-9-16-10-13-21-19(16)11-8-17-6-7-18(23(25)26)14-22(17)27-21/h6-7,9,12,14,16,19-21,24H,2-5,8,10-11,13H2,1H3,(H,25,26)/b12-9+/t16-,19+,20?,21-/m0/s1. The Balaban J connectivity index is 1.66. The zero-order valence-corrected chi connectivity index (χ0v) is 16.1. The third kappa shape index (κ3) is 4.62. The van der Waals surface area contributed by atoms with E-state index in [1.165, 1.54) is 0 Å². The maximum Gasteiger partial charge on any atom is 0.335 e. The summed E-state index contributed by atoms with van der Waals surface area (Å²) in [5.74, 6) is 0.585. The SMILES string of the molecule is C=C(CCCC)C(O)/C=C/[C@H]1CC[C@@H]2Oc3cc(C(=O)O)ccc3CC[C@@H]21. The van der Waals surface area contributed by atoms with Gasteiger partial charge in [-0.2, -0.15) is 0 Å². The minimum atomic E-state index is -0.924. The maximum absolute atomic E-state index is 11.2. The van der Waals surface area contributed by atoms with Crippen LogP contribution < -0.4 is 4.74 Å². The Morgan fingerprint density at radius 1 is 1.37 bits per heavy atom. The van der Waals surface area contributed by atoms with Crippen molar-refractivity contribution in [3.05, 3.63) is 53.6 Å². The molecule has 2 aliphatic rings. The summed E-state index contributed by atoms with van der Waals surface area (Å²) >= 11 is 0. The molecule has 0 bridgehead atoms. The van der Waals surface area contributed by atoms with E-state index in [0.717, 1.165) is 61.8 Å². The zero-order chi connectivity index (χ0) is 19.4. The number of rotatable bonds is 7. The van der Waals surface area contributed by atoms with Crippen LogP contribution in [0.5, 0.6) is 5.75 Å². The molecule has 3 rings (SSSR count). The second kappa shape index (κ2) is 8.75. The number of aliphatic hydroxyl groups excluding tert-OH is 1. The molecule has 0 saturated heterocycles. The van der Waals surface area contributed by atoms with Gasteiger partial charge in [0.1, 0.15) is 11.9 Å².